The number of ketones is 5. The molecule has 0 saturated carbocycles. The van der Waals surface area contributed by atoms with Crippen molar-refractivity contribution in [3.63, 3.8) is 0 Å². The molecule has 0 heterocycles. The third-order valence-electron chi connectivity index (χ3n) is 7.67. The van der Waals surface area contributed by atoms with E-state index in [0.29, 0.717) is 47.4 Å². The fourth-order valence-electron chi connectivity index (χ4n) is 4.86. The molecule has 12 nitrogen and oxygen atoms in total. The molecule has 0 radical (unpaired) electrons. The van der Waals surface area contributed by atoms with E-state index in [1.165, 1.54) is 45.0 Å². The average molecular weight is 1030 g/mol. The molecule has 0 bridgehead atoms. The summed E-state index contributed by atoms with van der Waals surface area (Å²) in [5.74, 6) is -2.45. The number of halogens is 5. The van der Waals surface area contributed by atoms with Crippen LogP contribution in [0, 0.1) is 0 Å². The van der Waals surface area contributed by atoms with Crippen LogP contribution in [0.2, 0.25) is 25.1 Å². The zero-order valence-electron chi connectivity index (χ0n) is 36.0. The summed E-state index contributed by atoms with van der Waals surface area (Å²) >= 11 is 28.3. The molecule has 0 spiro atoms. The molecule has 0 amide bonds. The van der Waals surface area contributed by atoms with Gasteiger partial charge in [0.2, 0.25) is 5.78 Å². The van der Waals surface area contributed by atoms with Gasteiger partial charge in [-0.05, 0) is 114 Å². The minimum Gasteiger partial charge on any atom is -0.478 e. The smallest absolute Gasteiger partial charge is 0.335 e. The van der Waals surface area contributed by atoms with Gasteiger partial charge in [-0.3, -0.25) is 24.0 Å². The van der Waals surface area contributed by atoms with Crippen molar-refractivity contribution in [1.29, 1.82) is 0 Å². The van der Waals surface area contributed by atoms with Crippen LogP contribution in [0.3, 0.4) is 0 Å². The first-order valence-electron chi connectivity index (χ1n) is 18.6. The van der Waals surface area contributed by atoms with Crippen LogP contribution in [0.25, 0.3) is 0 Å². The van der Waals surface area contributed by atoms with Gasteiger partial charge in [0.1, 0.15) is 12.2 Å². The quantitative estimate of drug-likeness (QED) is 0.0762. The van der Waals surface area contributed by atoms with Crippen molar-refractivity contribution >= 4 is 92.9 Å². The predicted octanol–water partition coefficient (Wildman–Crippen LogP) is 11.6. The van der Waals surface area contributed by atoms with E-state index in [4.69, 9.17) is 68.2 Å². The van der Waals surface area contributed by atoms with Gasteiger partial charge in [-0.2, -0.15) is 0 Å². The maximum absolute atomic E-state index is 12.1. The average Bonchev–Trinajstić information content (AvgIpc) is 3.20. The van der Waals surface area contributed by atoms with Crippen LogP contribution < -0.4 is 5.32 Å². The van der Waals surface area contributed by atoms with Gasteiger partial charge in [0, 0.05) is 54.3 Å². The maximum atomic E-state index is 12.1. The van der Waals surface area contributed by atoms with Gasteiger partial charge < -0.3 is 31.6 Å². The molecule has 17 heteroatoms. The summed E-state index contributed by atoms with van der Waals surface area (Å²) in [6.45, 7) is 12.0. The highest BCUT2D eigenvalue weighted by Gasteiger charge is 2.21. The van der Waals surface area contributed by atoms with E-state index in [2.05, 4.69) is 5.32 Å². The Balaban J connectivity index is -0.000000236. The van der Waals surface area contributed by atoms with Crippen molar-refractivity contribution in [2.75, 3.05) is 0 Å². The standard InChI is InChI=1S/C13H18ClNO.2C9H9ClO2.C9H7ClO2.C7H5ClO2.3CH4.2H2O/c1-9(15-13(2,3)4)12(16)10-6-5-7-11(14)8-10;3*1-6(11)9(12)7-3-2-4-8(10)5-7;8-6-3-1-2-5(4-6)7(9)10;;;;;/h5-9,15H,1-4H3;2-5,9,12H,1H3;2-6,11H,1H3;2-5H,1H3;1-4H,(H,9,10);3*1H4;2*1H2. The Morgan fingerprint density at radius 3 is 1.16 bits per heavy atom. The molecule has 8 N–H and O–H groups in total. The number of carbonyl (C=O) groups is 6. The van der Waals surface area contributed by atoms with Crippen molar-refractivity contribution in [3.05, 3.63) is 174 Å². The third kappa shape index (κ3) is 28.8. The second-order valence-electron chi connectivity index (χ2n) is 14.3. The number of nitrogens with one attached hydrogen (secondary N) is 1. The van der Waals surface area contributed by atoms with Crippen molar-refractivity contribution in [1.82, 2.24) is 5.32 Å². The molecule has 0 aromatic heterocycles. The summed E-state index contributed by atoms with van der Waals surface area (Å²) < 4.78 is 0. The Morgan fingerprint density at radius 2 is 0.851 bits per heavy atom. The van der Waals surface area contributed by atoms with Gasteiger partial charge in [0.05, 0.1) is 11.6 Å². The number of aromatic carboxylic acids is 1. The molecule has 3 atom stereocenters. The van der Waals surface area contributed by atoms with Crippen LogP contribution in [-0.2, 0) is 9.59 Å². The van der Waals surface area contributed by atoms with Crippen molar-refractivity contribution in [3.8, 4) is 0 Å². The summed E-state index contributed by atoms with van der Waals surface area (Å²) in [5, 5.41) is 32.5. The molecule has 3 unspecified atom stereocenters. The number of hydrogen-bond donors (Lipinski definition) is 4. The van der Waals surface area contributed by atoms with Gasteiger partial charge in [-0.25, -0.2) is 4.79 Å². The lowest BCUT2D eigenvalue weighted by Gasteiger charge is -2.25. The second kappa shape index (κ2) is 35.3. The number of carbonyl (C=O) groups excluding carboxylic acids is 5. The SMILES string of the molecule is C.C.C.CC(=O)C(=O)c1cccc(Cl)c1.CC(=O)C(O)c1cccc(Cl)c1.CC(NC(C)(C)C)C(=O)c1cccc(Cl)c1.CC(O)C(=O)c1cccc(Cl)c1.O.O.O=C(O)c1cccc(Cl)c1. The van der Waals surface area contributed by atoms with E-state index in [9.17, 15) is 33.9 Å². The predicted molar refractivity (Wildman–Crippen MR) is 275 cm³/mol. The zero-order chi connectivity index (χ0) is 47.3. The van der Waals surface area contributed by atoms with Crippen molar-refractivity contribution in [2.24, 2.45) is 0 Å². The molecule has 5 aromatic rings. The van der Waals surface area contributed by atoms with Gasteiger partial charge in [-0.15, -0.1) is 0 Å². The van der Waals surface area contributed by atoms with Crippen LogP contribution in [-0.4, -0.2) is 78.8 Å². The van der Waals surface area contributed by atoms with Crippen LogP contribution in [0.5, 0.6) is 0 Å². The van der Waals surface area contributed by atoms with E-state index < -0.39 is 29.7 Å². The Labute approximate surface area is 419 Å². The molecular weight excluding hydrogens is 968 g/mol. The highest BCUT2D eigenvalue weighted by atomic mass is 35.5. The number of carboxylic acid groups (broad SMARTS) is 1. The molecular formula is C50H64Cl5NO11. The molecule has 370 valence electrons. The Morgan fingerprint density at radius 1 is 0.522 bits per heavy atom. The van der Waals surface area contributed by atoms with E-state index >= 15 is 0 Å². The number of benzene rings is 5. The first-order chi connectivity index (χ1) is 28.8. The van der Waals surface area contributed by atoms with Crippen LogP contribution in [0.1, 0.15) is 124 Å². The van der Waals surface area contributed by atoms with E-state index in [-0.39, 0.29) is 67.7 Å². The fraction of sp³-hybridized carbons (Fsp3) is 0.280. The number of hydrogen-bond acceptors (Lipinski definition) is 9. The lowest BCUT2D eigenvalue weighted by molar-refractivity contribution is -0.125. The highest BCUT2D eigenvalue weighted by Crippen LogP contribution is 2.18. The van der Waals surface area contributed by atoms with Gasteiger partial charge in [0.15, 0.2) is 23.1 Å². The molecule has 0 aliphatic carbocycles. The lowest BCUT2D eigenvalue weighted by Crippen LogP contribution is -2.46. The first kappa shape index (κ1) is 71.2. The summed E-state index contributed by atoms with van der Waals surface area (Å²) in [4.78, 5) is 66.0. The van der Waals surface area contributed by atoms with E-state index in [1.54, 1.807) is 97.1 Å². The molecule has 5 aromatic carbocycles. The number of rotatable bonds is 10. The molecule has 0 saturated heterocycles. The summed E-state index contributed by atoms with van der Waals surface area (Å²) in [6, 6.07) is 32.5. The number of Topliss-reactive ketones (excluding diaryl/α,β-unsaturated/α-hetero) is 5. The topological polar surface area (TPSA) is 238 Å². The number of aliphatic hydroxyl groups excluding tert-OH is 2. The second-order valence-corrected chi connectivity index (χ2v) is 16.5. The summed E-state index contributed by atoms with van der Waals surface area (Å²) in [6.07, 6.45) is -2.02. The van der Waals surface area contributed by atoms with Crippen molar-refractivity contribution < 1.29 is 55.0 Å². The van der Waals surface area contributed by atoms with Gasteiger partial charge in [-0.1, -0.05) is 135 Å². The Bertz CT molecular complexity index is 2310. The molecule has 5 rings (SSSR count). The number of aliphatic hydroxyl groups is 2. The largest absolute Gasteiger partial charge is 0.478 e. The molecule has 0 aliphatic heterocycles. The molecule has 0 fully saturated rings. The number of carboxylic acids is 1. The van der Waals surface area contributed by atoms with Crippen LogP contribution in [0.4, 0.5) is 0 Å². The Hall–Kier alpha value is -4.83. The highest BCUT2D eigenvalue weighted by molar-refractivity contribution is 6.43. The molecule has 0 aliphatic rings. The summed E-state index contributed by atoms with van der Waals surface area (Å²) in [7, 11) is 0. The monoisotopic (exact) mass is 1030 g/mol. The van der Waals surface area contributed by atoms with Crippen LogP contribution >= 0.6 is 58.0 Å². The normalized spacial score (nSPS) is 10.8. The maximum Gasteiger partial charge on any atom is 0.335 e. The summed E-state index contributed by atoms with van der Waals surface area (Å²) in [5.41, 5.74) is 2.11. The molecule has 67 heavy (non-hydrogen) atoms. The Kier molecular flexibility index (Phi) is 37.5. The van der Waals surface area contributed by atoms with Gasteiger partial charge in [0.25, 0.3) is 0 Å². The van der Waals surface area contributed by atoms with Crippen LogP contribution in [0.15, 0.2) is 121 Å². The minimum absolute atomic E-state index is 0. The first-order valence-corrected chi connectivity index (χ1v) is 20.5. The van der Waals surface area contributed by atoms with Crippen molar-refractivity contribution in [2.45, 2.75) is 94.5 Å². The third-order valence-corrected chi connectivity index (χ3v) is 8.84. The minimum atomic E-state index is -1.05. The van der Waals surface area contributed by atoms with Gasteiger partial charge >= 0.3 is 5.97 Å². The van der Waals surface area contributed by atoms with E-state index in [1.807, 2.05) is 27.7 Å². The van der Waals surface area contributed by atoms with E-state index in [0.717, 1.165) is 0 Å². The lowest BCUT2D eigenvalue weighted by atomic mass is 10.0. The zero-order valence-corrected chi connectivity index (χ0v) is 39.7. The fourth-order valence-corrected chi connectivity index (χ4v) is 5.82.